The zero-order valence-corrected chi connectivity index (χ0v) is 10.4. The summed E-state index contributed by atoms with van der Waals surface area (Å²) < 4.78 is 5.13. The van der Waals surface area contributed by atoms with Gasteiger partial charge in [-0.3, -0.25) is 9.78 Å². The van der Waals surface area contributed by atoms with Crippen molar-refractivity contribution >= 4 is 23.1 Å². The Kier molecular flexibility index (Phi) is 3.48. The number of methoxy groups -OCH3 is 1. The number of anilines is 1. The number of pyridine rings is 1. The van der Waals surface area contributed by atoms with E-state index in [-0.39, 0.29) is 11.5 Å². The van der Waals surface area contributed by atoms with E-state index in [9.17, 15) is 4.79 Å². The first-order valence-electron chi connectivity index (χ1n) is 5.22. The number of carbonyl (C=O) groups excluding carboxylic acids is 1. The van der Waals surface area contributed by atoms with Crippen LogP contribution in [-0.4, -0.2) is 17.9 Å². The van der Waals surface area contributed by atoms with Gasteiger partial charge in [0.05, 0.1) is 18.4 Å². The van der Waals surface area contributed by atoms with Crippen molar-refractivity contribution in [2.75, 3.05) is 12.8 Å². The summed E-state index contributed by atoms with van der Waals surface area (Å²) in [7, 11) is 1.49. The molecule has 0 bridgehead atoms. The molecule has 0 saturated carbocycles. The summed E-state index contributed by atoms with van der Waals surface area (Å²) in [6.45, 7) is 0. The van der Waals surface area contributed by atoms with Crippen molar-refractivity contribution in [1.29, 1.82) is 0 Å². The second-order valence-electron chi connectivity index (χ2n) is 3.61. The van der Waals surface area contributed by atoms with Crippen LogP contribution < -0.4 is 10.5 Å². The van der Waals surface area contributed by atoms with Crippen LogP contribution in [-0.2, 0) is 0 Å². The molecule has 0 radical (unpaired) electrons. The molecule has 0 aliphatic rings. The smallest absolute Gasteiger partial charge is 0.217 e. The fourth-order valence-electron chi connectivity index (χ4n) is 1.59. The summed E-state index contributed by atoms with van der Waals surface area (Å²) in [5.74, 6) is 0.127. The van der Waals surface area contributed by atoms with Gasteiger partial charge in [0, 0.05) is 11.2 Å². The standard InChI is InChI=1S/C13H11ClN2O2/c1-18-11-5-4-8(14)7-9(11)13(17)12-10(15)3-2-6-16-12/h2-7H,15H2,1H3. The predicted molar refractivity (Wildman–Crippen MR) is 70.1 cm³/mol. The topological polar surface area (TPSA) is 65.2 Å². The third-order valence-electron chi connectivity index (χ3n) is 2.46. The van der Waals surface area contributed by atoms with E-state index in [2.05, 4.69) is 4.98 Å². The molecule has 2 aromatic rings. The average molecular weight is 263 g/mol. The van der Waals surface area contributed by atoms with Gasteiger partial charge in [-0.05, 0) is 30.3 Å². The Morgan fingerprint density at radius 3 is 2.83 bits per heavy atom. The molecule has 0 fully saturated rings. The molecule has 0 aliphatic heterocycles. The Labute approximate surface area is 109 Å². The summed E-state index contributed by atoms with van der Waals surface area (Å²) in [5.41, 5.74) is 6.59. The number of hydrogen-bond acceptors (Lipinski definition) is 4. The van der Waals surface area contributed by atoms with Crippen molar-refractivity contribution in [2.45, 2.75) is 0 Å². The SMILES string of the molecule is COc1ccc(Cl)cc1C(=O)c1ncccc1N. The molecular formula is C13H11ClN2O2. The van der Waals surface area contributed by atoms with Crippen LogP contribution in [0.2, 0.25) is 5.02 Å². The van der Waals surface area contributed by atoms with E-state index in [0.717, 1.165) is 0 Å². The maximum atomic E-state index is 12.3. The van der Waals surface area contributed by atoms with Crippen LogP contribution in [0.1, 0.15) is 16.1 Å². The summed E-state index contributed by atoms with van der Waals surface area (Å²) >= 11 is 5.89. The predicted octanol–water partition coefficient (Wildman–Crippen LogP) is 2.56. The van der Waals surface area contributed by atoms with E-state index >= 15 is 0 Å². The number of ketones is 1. The number of hydrogen-bond donors (Lipinski definition) is 1. The lowest BCUT2D eigenvalue weighted by Crippen LogP contribution is -2.09. The van der Waals surface area contributed by atoms with Gasteiger partial charge in [-0.1, -0.05) is 11.6 Å². The quantitative estimate of drug-likeness (QED) is 0.864. The molecule has 0 spiro atoms. The molecule has 2 N–H and O–H groups in total. The molecule has 1 heterocycles. The Hall–Kier alpha value is -2.07. The first kappa shape index (κ1) is 12.4. The van der Waals surface area contributed by atoms with Gasteiger partial charge < -0.3 is 10.5 Å². The molecule has 1 aromatic carbocycles. The van der Waals surface area contributed by atoms with Gasteiger partial charge in [-0.2, -0.15) is 0 Å². The van der Waals surface area contributed by atoms with Crippen LogP contribution in [0.5, 0.6) is 5.75 Å². The maximum Gasteiger partial charge on any atom is 0.217 e. The number of halogens is 1. The van der Waals surface area contributed by atoms with E-state index < -0.39 is 0 Å². The number of ether oxygens (including phenoxy) is 1. The zero-order valence-electron chi connectivity index (χ0n) is 9.68. The van der Waals surface area contributed by atoms with Crippen LogP contribution in [0.25, 0.3) is 0 Å². The minimum atomic E-state index is -0.313. The zero-order chi connectivity index (χ0) is 13.1. The van der Waals surface area contributed by atoms with E-state index in [0.29, 0.717) is 22.0 Å². The largest absolute Gasteiger partial charge is 0.496 e. The van der Waals surface area contributed by atoms with Crippen molar-refractivity contribution < 1.29 is 9.53 Å². The summed E-state index contributed by atoms with van der Waals surface area (Å²) in [6.07, 6.45) is 1.51. The Morgan fingerprint density at radius 2 is 2.17 bits per heavy atom. The third kappa shape index (κ3) is 2.28. The number of nitrogens with zero attached hydrogens (tertiary/aromatic N) is 1. The second-order valence-corrected chi connectivity index (χ2v) is 4.05. The molecule has 0 amide bonds. The molecule has 0 unspecified atom stereocenters. The highest BCUT2D eigenvalue weighted by atomic mass is 35.5. The molecule has 0 aliphatic carbocycles. The van der Waals surface area contributed by atoms with E-state index in [1.165, 1.54) is 19.4 Å². The minimum absolute atomic E-state index is 0.193. The lowest BCUT2D eigenvalue weighted by Gasteiger charge is -2.08. The van der Waals surface area contributed by atoms with Gasteiger partial charge in [0.1, 0.15) is 11.4 Å². The Bertz CT molecular complexity index is 599. The summed E-state index contributed by atoms with van der Waals surface area (Å²) in [6, 6.07) is 8.11. The number of carbonyl (C=O) groups is 1. The fraction of sp³-hybridized carbons (Fsp3) is 0.0769. The van der Waals surface area contributed by atoms with Crippen LogP contribution in [0.3, 0.4) is 0 Å². The Balaban J connectivity index is 2.52. The highest BCUT2D eigenvalue weighted by Gasteiger charge is 2.18. The van der Waals surface area contributed by atoms with Gasteiger partial charge in [0.15, 0.2) is 0 Å². The van der Waals surface area contributed by atoms with E-state index in [4.69, 9.17) is 22.1 Å². The number of aromatic nitrogens is 1. The molecule has 92 valence electrons. The van der Waals surface area contributed by atoms with Crippen LogP contribution in [0.4, 0.5) is 5.69 Å². The number of benzene rings is 1. The van der Waals surface area contributed by atoms with Gasteiger partial charge >= 0.3 is 0 Å². The minimum Gasteiger partial charge on any atom is -0.496 e. The molecule has 0 saturated heterocycles. The Morgan fingerprint density at radius 1 is 1.39 bits per heavy atom. The van der Waals surface area contributed by atoms with E-state index in [1.54, 1.807) is 24.3 Å². The van der Waals surface area contributed by atoms with Crippen LogP contribution in [0.15, 0.2) is 36.5 Å². The highest BCUT2D eigenvalue weighted by Crippen LogP contribution is 2.26. The van der Waals surface area contributed by atoms with Crippen molar-refractivity contribution in [3.8, 4) is 5.75 Å². The van der Waals surface area contributed by atoms with Crippen molar-refractivity contribution in [2.24, 2.45) is 0 Å². The highest BCUT2D eigenvalue weighted by molar-refractivity contribution is 6.31. The normalized spacial score (nSPS) is 10.1. The molecule has 18 heavy (non-hydrogen) atoms. The second kappa shape index (κ2) is 5.06. The lowest BCUT2D eigenvalue weighted by molar-refractivity contribution is 0.103. The number of nitrogen functional groups attached to an aromatic ring is 1. The monoisotopic (exact) mass is 262 g/mol. The maximum absolute atomic E-state index is 12.3. The lowest BCUT2D eigenvalue weighted by atomic mass is 10.1. The van der Waals surface area contributed by atoms with Gasteiger partial charge in [0.2, 0.25) is 5.78 Å². The van der Waals surface area contributed by atoms with Gasteiger partial charge in [-0.15, -0.1) is 0 Å². The van der Waals surface area contributed by atoms with Crippen LogP contribution >= 0.6 is 11.6 Å². The average Bonchev–Trinajstić information content (AvgIpc) is 2.38. The molecule has 2 rings (SSSR count). The first-order chi connectivity index (χ1) is 8.63. The summed E-state index contributed by atoms with van der Waals surface area (Å²) in [5, 5.41) is 0.452. The van der Waals surface area contributed by atoms with Gasteiger partial charge in [-0.25, -0.2) is 0 Å². The summed E-state index contributed by atoms with van der Waals surface area (Å²) in [4.78, 5) is 16.3. The third-order valence-corrected chi connectivity index (χ3v) is 2.70. The van der Waals surface area contributed by atoms with Crippen molar-refractivity contribution in [3.63, 3.8) is 0 Å². The number of nitrogens with two attached hydrogens (primary N) is 1. The number of rotatable bonds is 3. The molecule has 4 nitrogen and oxygen atoms in total. The first-order valence-corrected chi connectivity index (χ1v) is 5.60. The molecule has 5 heteroatoms. The van der Waals surface area contributed by atoms with E-state index in [1.807, 2.05) is 0 Å². The molecule has 0 atom stereocenters. The van der Waals surface area contributed by atoms with Crippen molar-refractivity contribution in [1.82, 2.24) is 4.98 Å². The van der Waals surface area contributed by atoms with Gasteiger partial charge in [0.25, 0.3) is 0 Å². The molecular weight excluding hydrogens is 252 g/mol. The fourth-order valence-corrected chi connectivity index (χ4v) is 1.76. The van der Waals surface area contributed by atoms with Crippen molar-refractivity contribution in [3.05, 3.63) is 52.8 Å². The van der Waals surface area contributed by atoms with Crippen LogP contribution in [0, 0.1) is 0 Å². The molecule has 1 aromatic heterocycles.